The number of piperidine rings is 1. The monoisotopic (exact) mass is 449 g/mol. The number of hydrogen-bond donors (Lipinski definition) is 3. The van der Waals surface area contributed by atoms with Crippen molar-refractivity contribution >= 4 is 28.9 Å². The summed E-state index contributed by atoms with van der Waals surface area (Å²) >= 11 is 0. The van der Waals surface area contributed by atoms with E-state index in [2.05, 4.69) is 65.3 Å². The van der Waals surface area contributed by atoms with Crippen molar-refractivity contribution in [1.29, 1.82) is 0 Å². The van der Waals surface area contributed by atoms with Gasteiger partial charge in [0.2, 0.25) is 11.9 Å². The van der Waals surface area contributed by atoms with Crippen molar-refractivity contribution in [2.75, 3.05) is 17.2 Å². The molecule has 174 valence electrons. The molecule has 1 fully saturated rings. The lowest BCUT2D eigenvalue weighted by molar-refractivity contribution is -0.111. The summed E-state index contributed by atoms with van der Waals surface area (Å²) in [5.74, 6) is 0.455. The predicted octanol–water partition coefficient (Wildman–Crippen LogP) is 4.03. The van der Waals surface area contributed by atoms with Crippen LogP contribution in [0.1, 0.15) is 52.0 Å². The third-order valence-electron chi connectivity index (χ3n) is 5.74. The van der Waals surface area contributed by atoms with E-state index in [-0.39, 0.29) is 23.5 Å². The first-order chi connectivity index (χ1) is 15.7. The summed E-state index contributed by atoms with van der Waals surface area (Å²) in [6.45, 7) is 12.8. The Morgan fingerprint density at radius 2 is 2.12 bits per heavy atom. The summed E-state index contributed by atoms with van der Waals surface area (Å²) in [4.78, 5) is 21.0. The fraction of sp³-hybridized carbons (Fsp3) is 0.417. The number of ether oxygens (including phenoxy) is 1. The van der Waals surface area contributed by atoms with Gasteiger partial charge in [0.15, 0.2) is 5.65 Å². The summed E-state index contributed by atoms with van der Waals surface area (Å²) in [6.07, 6.45) is 4.98. The summed E-state index contributed by atoms with van der Waals surface area (Å²) in [5.41, 5.74) is 3.22. The summed E-state index contributed by atoms with van der Waals surface area (Å²) in [5, 5.41) is 14.1. The zero-order valence-corrected chi connectivity index (χ0v) is 19.6. The molecule has 1 saturated heterocycles. The van der Waals surface area contributed by atoms with Crippen molar-refractivity contribution in [3.8, 4) is 6.01 Å². The van der Waals surface area contributed by atoms with Gasteiger partial charge in [0.25, 0.3) is 0 Å². The molecular weight excluding hydrogens is 418 g/mol. The third-order valence-corrected chi connectivity index (χ3v) is 5.74. The van der Waals surface area contributed by atoms with E-state index < -0.39 is 0 Å². The van der Waals surface area contributed by atoms with Crippen molar-refractivity contribution in [2.45, 2.75) is 58.1 Å². The molecule has 0 radical (unpaired) electrons. The minimum absolute atomic E-state index is 0.00353. The van der Waals surface area contributed by atoms with Gasteiger partial charge in [-0.1, -0.05) is 26.5 Å². The minimum atomic E-state index is -0.273. The molecule has 1 aliphatic rings. The van der Waals surface area contributed by atoms with Gasteiger partial charge in [-0.25, -0.2) is 0 Å². The molecule has 9 heteroatoms. The van der Waals surface area contributed by atoms with E-state index in [4.69, 9.17) is 4.74 Å². The Labute approximate surface area is 193 Å². The molecule has 0 bridgehead atoms. The van der Waals surface area contributed by atoms with E-state index in [0.29, 0.717) is 23.3 Å². The van der Waals surface area contributed by atoms with Gasteiger partial charge in [-0.2, -0.15) is 19.6 Å². The maximum absolute atomic E-state index is 11.7. The summed E-state index contributed by atoms with van der Waals surface area (Å²) in [6, 6.07) is 7.66. The van der Waals surface area contributed by atoms with E-state index in [9.17, 15) is 4.79 Å². The van der Waals surface area contributed by atoms with Crippen LogP contribution in [-0.4, -0.2) is 43.7 Å². The van der Waals surface area contributed by atoms with Crippen LogP contribution in [0.3, 0.4) is 0 Å². The van der Waals surface area contributed by atoms with Gasteiger partial charge >= 0.3 is 6.01 Å². The molecular formula is C24H31N7O2. The molecule has 0 saturated carbocycles. The maximum atomic E-state index is 11.7. The number of carbonyl (C=O) groups excluding carboxylic acids is 1. The van der Waals surface area contributed by atoms with Crippen LogP contribution in [0.5, 0.6) is 6.01 Å². The molecule has 1 aliphatic heterocycles. The van der Waals surface area contributed by atoms with Crippen LogP contribution < -0.4 is 20.7 Å². The number of benzene rings is 1. The van der Waals surface area contributed by atoms with Crippen LogP contribution in [-0.2, 0) is 4.79 Å². The quantitative estimate of drug-likeness (QED) is 0.468. The predicted molar refractivity (Wildman–Crippen MR) is 129 cm³/mol. The average Bonchev–Trinajstić information content (AvgIpc) is 3.20. The Kier molecular flexibility index (Phi) is 6.33. The van der Waals surface area contributed by atoms with Crippen molar-refractivity contribution in [2.24, 2.45) is 0 Å². The molecule has 3 heterocycles. The van der Waals surface area contributed by atoms with Gasteiger partial charge in [-0.3, -0.25) is 4.79 Å². The van der Waals surface area contributed by atoms with Crippen LogP contribution in [0.4, 0.5) is 17.3 Å². The molecule has 3 N–H and O–H groups in total. The van der Waals surface area contributed by atoms with Crippen molar-refractivity contribution in [3.63, 3.8) is 0 Å². The minimum Gasteiger partial charge on any atom is -0.459 e. The maximum Gasteiger partial charge on any atom is 0.322 e. The smallest absolute Gasteiger partial charge is 0.322 e. The topological polar surface area (TPSA) is 105 Å². The second-order valence-corrected chi connectivity index (χ2v) is 9.26. The van der Waals surface area contributed by atoms with E-state index in [1.165, 1.54) is 6.08 Å². The van der Waals surface area contributed by atoms with Crippen LogP contribution in [0.15, 0.2) is 43.1 Å². The molecule has 3 aromatic rings. The Morgan fingerprint density at radius 1 is 1.33 bits per heavy atom. The standard InChI is InChI=1S/C24H31N7O2/c1-6-20(32)27-16-8-7-9-17(12-16)28-22-30-23(33-18-10-11-24(4,5)25-13-18)29-21-19(15(2)3)14-26-31(21)22/h6-9,12,14-15,18,25H,1,10-11,13H2,2-5H3,(H,27,32)(H,28,29,30)/t18-/m1/s1. The van der Waals surface area contributed by atoms with Crippen LogP contribution in [0, 0.1) is 0 Å². The SMILES string of the molecule is C=CC(=O)Nc1cccc(Nc2nc(O[C@@H]3CCC(C)(C)NC3)nc3c(C(C)C)cnn23)c1. The Hall–Kier alpha value is -3.46. The highest BCUT2D eigenvalue weighted by atomic mass is 16.5. The number of carbonyl (C=O) groups is 1. The van der Waals surface area contributed by atoms with Gasteiger partial charge in [-0.15, -0.1) is 0 Å². The molecule has 0 spiro atoms. The highest BCUT2D eigenvalue weighted by Gasteiger charge is 2.28. The largest absolute Gasteiger partial charge is 0.459 e. The average molecular weight is 450 g/mol. The van der Waals surface area contributed by atoms with Crippen LogP contribution in [0.2, 0.25) is 0 Å². The lowest BCUT2D eigenvalue weighted by atomic mass is 9.92. The molecule has 0 unspecified atom stereocenters. The lowest BCUT2D eigenvalue weighted by Crippen LogP contribution is -2.50. The number of nitrogens with one attached hydrogen (secondary N) is 3. The number of nitrogens with zero attached hydrogens (tertiary/aromatic N) is 4. The lowest BCUT2D eigenvalue weighted by Gasteiger charge is -2.35. The molecule has 33 heavy (non-hydrogen) atoms. The molecule has 4 rings (SSSR count). The molecule has 1 atom stereocenters. The number of anilines is 3. The fourth-order valence-electron chi connectivity index (χ4n) is 3.77. The Bertz CT molecular complexity index is 1160. The molecule has 2 aromatic heterocycles. The van der Waals surface area contributed by atoms with E-state index in [1.807, 2.05) is 24.4 Å². The van der Waals surface area contributed by atoms with E-state index in [1.54, 1.807) is 10.6 Å². The van der Waals surface area contributed by atoms with Gasteiger partial charge in [0.1, 0.15) is 6.10 Å². The normalized spacial score (nSPS) is 17.7. The van der Waals surface area contributed by atoms with Gasteiger partial charge in [0, 0.05) is 29.0 Å². The molecule has 0 aliphatic carbocycles. The third kappa shape index (κ3) is 5.31. The zero-order valence-electron chi connectivity index (χ0n) is 19.6. The second-order valence-electron chi connectivity index (χ2n) is 9.26. The van der Waals surface area contributed by atoms with Crippen LogP contribution >= 0.6 is 0 Å². The number of fused-ring (bicyclic) bond motifs is 1. The first kappa shape index (κ1) is 22.7. The van der Waals surface area contributed by atoms with E-state index in [0.717, 1.165) is 30.6 Å². The zero-order chi connectivity index (χ0) is 23.6. The summed E-state index contributed by atoms with van der Waals surface area (Å²) < 4.78 is 7.88. The highest BCUT2D eigenvalue weighted by molar-refractivity contribution is 5.99. The summed E-state index contributed by atoms with van der Waals surface area (Å²) in [7, 11) is 0. The molecule has 1 aromatic carbocycles. The van der Waals surface area contributed by atoms with Crippen molar-refractivity contribution < 1.29 is 9.53 Å². The first-order valence-electron chi connectivity index (χ1n) is 11.2. The Morgan fingerprint density at radius 3 is 2.82 bits per heavy atom. The van der Waals surface area contributed by atoms with Crippen molar-refractivity contribution in [1.82, 2.24) is 24.9 Å². The second kappa shape index (κ2) is 9.19. The number of amides is 1. The number of rotatable bonds is 7. The van der Waals surface area contributed by atoms with Gasteiger partial charge < -0.3 is 20.7 Å². The molecule has 9 nitrogen and oxygen atoms in total. The Balaban J connectivity index is 1.65. The first-order valence-corrected chi connectivity index (χ1v) is 11.2. The number of hydrogen-bond acceptors (Lipinski definition) is 7. The molecule has 1 amide bonds. The highest BCUT2D eigenvalue weighted by Crippen LogP contribution is 2.27. The van der Waals surface area contributed by atoms with Crippen molar-refractivity contribution in [3.05, 3.63) is 48.7 Å². The number of aromatic nitrogens is 4. The fourth-order valence-corrected chi connectivity index (χ4v) is 3.77. The van der Waals surface area contributed by atoms with E-state index >= 15 is 0 Å². The van der Waals surface area contributed by atoms with Crippen LogP contribution in [0.25, 0.3) is 5.65 Å². The van der Waals surface area contributed by atoms with Gasteiger partial charge in [0.05, 0.1) is 6.20 Å². The van der Waals surface area contributed by atoms with Gasteiger partial charge in [-0.05, 0) is 56.9 Å².